The van der Waals surface area contributed by atoms with Crippen LogP contribution in [0.4, 0.5) is 0 Å². The van der Waals surface area contributed by atoms with Crippen molar-refractivity contribution in [2.45, 2.75) is 44.1 Å². The van der Waals surface area contributed by atoms with Crippen LogP contribution in [-0.2, 0) is 23.3 Å². The molecule has 2 aliphatic rings. The van der Waals surface area contributed by atoms with Gasteiger partial charge in [0.1, 0.15) is 35.5 Å². The van der Waals surface area contributed by atoms with E-state index in [4.69, 9.17) is 29.3 Å². The molecule has 126 valence electrons. The van der Waals surface area contributed by atoms with Crippen LogP contribution in [0.15, 0.2) is 5.38 Å². The molecule has 2 saturated heterocycles. The first-order chi connectivity index (χ1) is 10.7. The van der Waals surface area contributed by atoms with Gasteiger partial charge in [0.2, 0.25) is 0 Å². The third-order valence-electron chi connectivity index (χ3n) is 3.44. The van der Waals surface area contributed by atoms with Crippen molar-refractivity contribution in [1.82, 2.24) is 4.98 Å². The summed E-state index contributed by atoms with van der Waals surface area (Å²) in [7, 11) is -4.61. The number of fused-ring (bicyclic) bond motifs is 1. The number of nitriles is 1. The van der Waals surface area contributed by atoms with E-state index < -0.39 is 38.0 Å². The molecule has 9 nitrogen and oxygen atoms in total. The summed E-state index contributed by atoms with van der Waals surface area (Å²) in [5, 5.41) is 11.0. The number of phosphoric acid groups is 1. The third kappa shape index (κ3) is 3.63. The van der Waals surface area contributed by atoms with Crippen molar-refractivity contribution in [3.63, 3.8) is 0 Å². The predicted octanol–water partition coefficient (Wildman–Crippen LogP) is 1.08. The highest BCUT2D eigenvalue weighted by Gasteiger charge is 2.56. The Hall–Kier alpha value is -0.890. The Morgan fingerprint density at radius 3 is 2.78 bits per heavy atom. The first-order valence-electron chi connectivity index (χ1n) is 6.75. The zero-order valence-corrected chi connectivity index (χ0v) is 14.0. The van der Waals surface area contributed by atoms with E-state index in [1.165, 1.54) is 11.3 Å². The van der Waals surface area contributed by atoms with Gasteiger partial charge in [-0.1, -0.05) is 0 Å². The molecule has 2 fully saturated rings. The predicted molar refractivity (Wildman–Crippen MR) is 76.3 cm³/mol. The van der Waals surface area contributed by atoms with Crippen molar-refractivity contribution in [3.8, 4) is 6.07 Å². The highest BCUT2D eigenvalue weighted by molar-refractivity contribution is 7.46. The number of ether oxygens (including phenoxy) is 3. The zero-order valence-electron chi connectivity index (χ0n) is 12.3. The van der Waals surface area contributed by atoms with E-state index in [0.29, 0.717) is 5.01 Å². The summed E-state index contributed by atoms with van der Waals surface area (Å²) < 4.78 is 32.8. The zero-order chi connectivity index (χ0) is 16.8. The van der Waals surface area contributed by atoms with Gasteiger partial charge in [0.15, 0.2) is 11.5 Å². The standard InChI is InChI=1S/C12H15N2O7PS/c1-12(2)20-8-7(4-18-22(15,16)17)19-10(9(8)21-12)11-14-6(3-13)5-23-11/h5,7-10H,4H2,1-2H3,(H2,15,16,17)/t7-,8-,9-,10-/m1/s1. The Morgan fingerprint density at radius 1 is 1.48 bits per heavy atom. The van der Waals surface area contributed by atoms with E-state index in [9.17, 15) is 4.57 Å². The topological polar surface area (TPSA) is 131 Å². The third-order valence-corrected chi connectivity index (χ3v) is 4.83. The van der Waals surface area contributed by atoms with Gasteiger partial charge < -0.3 is 24.0 Å². The fraction of sp³-hybridized carbons (Fsp3) is 0.667. The second kappa shape index (κ2) is 5.88. The van der Waals surface area contributed by atoms with Gasteiger partial charge in [0, 0.05) is 5.38 Å². The lowest BCUT2D eigenvalue weighted by Gasteiger charge is -2.23. The lowest BCUT2D eigenvalue weighted by atomic mass is 10.1. The Bertz CT molecular complexity index is 681. The fourth-order valence-corrected chi connectivity index (χ4v) is 3.81. The average Bonchev–Trinajstić information content (AvgIpc) is 3.08. The van der Waals surface area contributed by atoms with Gasteiger partial charge >= 0.3 is 7.82 Å². The molecule has 2 N–H and O–H groups in total. The maximum absolute atomic E-state index is 10.9. The first kappa shape index (κ1) is 17.0. The summed E-state index contributed by atoms with van der Waals surface area (Å²) in [6.07, 6.45) is -2.34. The van der Waals surface area contributed by atoms with Crippen molar-refractivity contribution in [3.05, 3.63) is 16.1 Å². The average molecular weight is 362 g/mol. The van der Waals surface area contributed by atoms with Crippen LogP contribution >= 0.6 is 19.2 Å². The molecule has 0 amide bonds. The molecule has 3 rings (SSSR count). The number of nitrogens with zero attached hydrogens (tertiary/aromatic N) is 2. The van der Waals surface area contributed by atoms with Crippen LogP contribution in [0.1, 0.15) is 30.7 Å². The molecule has 0 aliphatic carbocycles. The first-order valence-corrected chi connectivity index (χ1v) is 9.16. The molecule has 0 aromatic carbocycles. The molecule has 23 heavy (non-hydrogen) atoms. The molecule has 11 heteroatoms. The molecule has 2 aliphatic heterocycles. The fourth-order valence-electron chi connectivity index (χ4n) is 2.66. The van der Waals surface area contributed by atoms with Crippen LogP contribution in [0.2, 0.25) is 0 Å². The van der Waals surface area contributed by atoms with Gasteiger partial charge in [-0.15, -0.1) is 11.3 Å². The number of phosphoric ester groups is 1. The molecule has 3 heterocycles. The van der Waals surface area contributed by atoms with E-state index in [2.05, 4.69) is 9.51 Å². The molecule has 0 saturated carbocycles. The van der Waals surface area contributed by atoms with Crippen LogP contribution in [0.5, 0.6) is 0 Å². The molecule has 0 unspecified atom stereocenters. The number of hydrogen-bond donors (Lipinski definition) is 2. The molecule has 0 spiro atoms. The number of rotatable bonds is 4. The summed E-state index contributed by atoms with van der Waals surface area (Å²) in [5.74, 6) is -0.854. The van der Waals surface area contributed by atoms with Gasteiger partial charge in [-0.25, -0.2) is 9.55 Å². The summed E-state index contributed by atoms with van der Waals surface area (Å²) in [6.45, 7) is 3.15. The Labute approximate surface area is 136 Å². The van der Waals surface area contributed by atoms with Crippen molar-refractivity contribution in [2.75, 3.05) is 6.61 Å². The summed E-state index contributed by atoms with van der Waals surface area (Å²) in [5.41, 5.74) is 0.276. The van der Waals surface area contributed by atoms with Crippen molar-refractivity contribution >= 4 is 19.2 Å². The monoisotopic (exact) mass is 362 g/mol. The van der Waals surface area contributed by atoms with Gasteiger partial charge in [-0.3, -0.25) is 4.52 Å². The molecule has 0 radical (unpaired) electrons. The molecule has 0 bridgehead atoms. The van der Waals surface area contributed by atoms with Crippen LogP contribution < -0.4 is 0 Å². The van der Waals surface area contributed by atoms with Gasteiger partial charge in [0.05, 0.1) is 6.61 Å². The van der Waals surface area contributed by atoms with Gasteiger partial charge in [0.25, 0.3) is 0 Å². The highest BCUT2D eigenvalue weighted by Crippen LogP contribution is 2.47. The second-order valence-corrected chi connectivity index (χ2v) is 7.76. The van der Waals surface area contributed by atoms with Gasteiger partial charge in [-0.2, -0.15) is 5.26 Å². The second-order valence-electron chi connectivity index (χ2n) is 5.63. The van der Waals surface area contributed by atoms with Crippen molar-refractivity contribution < 1.29 is 33.1 Å². The van der Waals surface area contributed by atoms with Crippen molar-refractivity contribution in [1.29, 1.82) is 5.26 Å². The maximum Gasteiger partial charge on any atom is 0.469 e. The van der Waals surface area contributed by atoms with E-state index >= 15 is 0 Å². The number of aromatic nitrogens is 1. The van der Waals surface area contributed by atoms with E-state index in [-0.39, 0.29) is 12.3 Å². The molecule has 1 aromatic heterocycles. The minimum atomic E-state index is -4.61. The summed E-state index contributed by atoms with van der Waals surface area (Å²) in [4.78, 5) is 21.9. The SMILES string of the molecule is CC1(C)O[C@@H]2[C@H](O1)[C@@H](COP(=O)(O)O)O[C@H]2c1nc(C#N)cs1. The summed E-state index contributed by atoms with van der Waals surface area (Å²) >= 11 is 1.26. The van der Waals surface area contributed by atoms with Crippen LogP contribution in [0.3, 0.4) is 0 Å². The minimum Gasteiger partial charge on any atom is -0.360 e. The van der Waals surface area contributed by atoms with E-state index in [0.717, 1.165) is 0 Å². The normalized spacial score (nSPS) is 32.7. The molecular weight excluding hydrogens is 347 g/mol. The molecular formula is C12H15N2O7PS. The minimum absolute atomic E-state index is 0.276. The maximum atomic E-state index is 10.9. The lowest BCUT2D eigenvalue weighted by molar-refractivity contribution is -0.190. The number of hydrogen-bond acceptors (Lipinski definition) is 8. The lowest BCUT2D eigenvalue weighted by Crippen LogP contribution is -2.32. The summed E-state index contributed by atoms with van der Waals surface area (Å²) in [6, 6.07) is 1.95. The van der Waals surface area contributed by atoms with Gasteiger partial charge in [-0.05, 0) is 13.8 Å². The van der Waals surface area contributed by atoms with E-state index in [1.807, 2.05) is 6.07 Å². The molecule has 4 atom stereocenters. The highest BCUT2D eigenvalue weighted by atomic mass is 32.1. The van der Waals surface area contributed by atoms with Crippen LogP contribution in [0, 0.1) is 11.3 Å². The van der Waals surface area contributed by atoms with E-state index in [1.54, 1.807) is 19.2 Å². The van der Waals surface area contributed by atoms with Crippen LogP contribution in [-0.4, -0.2) is 45.5 Å². The quantitative estimate of drug-likeness (QED) is 0.755. The Kier molecular flexibility index (Phi) is 4.33. The molecule has 1 aromatic rings. The number of thiazole rings is 1. The smallest absolute Gasteiger partial charge is 0.360 e. The largest absolute Gasteiger partial charge is 0.469 e. The Balaban J connectivity index is 1.81. The Morgan fingerprint density at radius 2 is 2.17 bits per heavy atom. The van der Waals surface area contributed by atoms with Crippen LogP contribution in [0.25, 0.3) is 0 Å². The van der Waals surface area contributed by atoms with Crippen molar-refractivity contribution in [2.24, 2.45) is 0 Å².